The highest BCUT2D eigenvalue weighted by atomic mass is 19.1. The number of carbonyl (C=O) groups excluding carboxylic acids is 8. The summed E-state index contributed by atoms with van der Waals surface area (Å²) in [7, 11) is 0. The number of nitrogens with zero attached hydrogens (tertiary/aromatic N) is 2. The fourth-order valence-corrected chi connectivity index (χ4v) is 10.4. The third kappa shape index (κ3) is 17.5. The van der Waals surface area contributed by atoms with E-state index >= 15 is 4.39 Å². The van der Waals surface area contributed by atoms with E-state index in [1.807, 2.05) is 0 Å². The summed E-state index contributed by atoms with van der Waals surface area (Å²) in [6.07, 6.45) is 0.114. The Balaban J connectivity index is 0.828. The molecule has 88 heavy (non-hydrogen) atoms. The number of benzene rings is 2. The number of primary amides is 1. The van der Waals surface area contributed by atoms with Crippen LogP contribution in [0.2, 0.25) is 0 Å². The number of cyclic esters (lactones) is 1. The third-order valence-corrected chi connectivity index (χ3v) is 15.0. The molecule has 2 aromatic heterocycles. The zero-order valence-corrected chi connectivity index (χ0v) is 49.7. The molecular weight excluding hydrogens is 1150 g/mol. The average Bonchev–Trinajstić information content (AvgIpc) is 1.46. The molecule has 478 valence electrons. The van der Waals surface area contributed by atoms with Gasteiger partial charge < -0.3 is 91.5 Å². The number of nitrogens with one attached hydrogen (secondary N) is 7. The molecule has 12 N–H and O–H groups in total. The van der Waals surface area contributed by atoms with Crippen molar-refractivity contribution in [3.05, 3.63) is 91.5 Å². The highest BCUT2D eigenvalue weighted by molar-refractivity contribution is 5.99. The molecular formula is C59H78FN11O17. The van der Waals surface area contributed by atoms with E-state index in [0.29, 0.717) is 103 Å². The molecule has 0 saturated carbocycles. The van der Waals surface area contributed by atoms with Gasteiger partial charge in [-0.05, 0) is 85.4 Å². The monoisotopic (exact) mass is 1230 g/mol. The maximum Gasteiger partial charge on any atom is 0.407 e. The molecule has 4 heterocycles. The van der Waals surface area contributed by atoms with Crippen molar-refractivity contribution in [1.29, 1.82) is 0 Å². The van der Waals surface area contributed by atoms with Crippen molar-refractivity contribution in [3.63, 3.8) is 0 Å². The second kappa shape index (κ2) is 32.2. The number of esters is 1. The molecule has 2 aliphatic heterocycles. The Labute approximate surface area is 506 Å². The minimum absolute atomic E-state index is 0.0349. The molecule has 4 aromatic rings. The zero-order valence-electron chi connectivity index (χ0n) is 49.7. The zero-order chi connectivity index (χ0) is 63.5. The van der Waals surface area contributed by atoms with E-state index in [-0.39, 0.29) is 88.9 Å². The summed E-state index contributed by atoms with van der Waals surface area (Å²) in [5.41, 5.74) is 12.6. The smallest absolute Gasteiger partial charge is 0.407 e. The molecule has 4 atom stereocenters. The number of pyridine rings is 2. The van der Waals surface area contributed by atoms with Gasteiger partial charge in [0.15, 0.2) is 5.60 Å². The number of rotatable bonds is 34. The van der Waals surface area contributed by atoms with E-state index in [1.165, 1.54) is 10.6 Å². The van der Waals surface area contributed by atoms with Gasteiger partial charge in [0.1, 0.15) is 51.0 Å². The first-order valence-corrected chi connectivity index (χ1v) is 29.1. The largest absolute Gasteiger partial charge is 0.458 e. The summed E-state index contributed by atoms with van der Waals surface area (Å²) in [5.74, 6) is -4.54. The number of hydrogen-bond acceptors (Lipinski definition) is 19. The lowest BCUT2D eigenvalue weighted by atomic mass is 9.81. The lowest BCUT2D eigenvalue weighted by molar-refractivity contribution is -0.172. The molecule has 2 aromatic carbocycles. The van der Waals surface area contributed by atoms with Crippen molar-refractivity contribution in [3.8, 4) is 11.4 Å². The van der Waals surface area contributed by atoms with Crippen LogP contribution in [0.25, 0.3) is 22.3 Å². The fraction of sp³-hybridized carbons (Fsp3) is 0.525. The van der Waals surface area contributed by atoms with Gasteiger partial charge in [0, 0.05) is 47.8 Å². The van der Waals surface area contributed by atoms with E-state index in [1.54, 1.807) is 58.0 Å². The second-order valence-electron chi connectivity index (χ2n) is 21.5. The molecule has 0 spiro atoms. The fourth-order valence-electron chi connectivity index (χ4n) is 10.4. The predicted molar refractivity (Wildman–Crippen MR) is 313 cm³/mol. The number of aliphatic hydroxyl groups is 1. The molecule has 0 fully saturated rings. The van der Waals surface area contributed by atoms with Gasteiger partial charge in [0.25, 0.3) is 5.56 Å². The van der Waals surface area contributed by atoms with Crippen molar-refractivity contribution in [1.82, 2.24) is 41.5 Å². The number of ether oxygens (including phenoxy) is 7. The molecule has 28 nitrogen and oxygen atoms in total. The summed E-state index contributed by atoms with van der Waals surface area (Å²) in [6, 6.07) is 5.64. The SMILES string of the molecule is CC[C@@]1(O)C(=O)OCc2c1cc1n(c2=O)Cc2c-1nc1cc(F)c(C)c3c1c2[C@@H](NC(=O)COCNC(=O)CNC(=O)OCc1ccc(NC(=O)[C@H](CCCNC(N)=O)NC(=O)[C@@H](NC(=O)CCOCCOCCOCCOCCN)C(C)C)cc1)CC3. The van der Waals surface area contributed by atoms with E-state index in [0.717, 1.165) is 5.56 Å². The number of aromatic nitrogens is 2. The number of aryl methyl sites for hydroxylation is 1. The predicted octanol–water partition coefficient (Wildman–Crippen LogP) is 1.08. The Morgan fingerprint density at radius 1 is 0.852 bits per heavy atom. The summed E-state index contributed by atoms with van der Waals surface area (Å²) >= 11 is 0. The number of alkyl carbamates (subject to hydrolysis) is 1. The quantitative estimate of drug-likeness (QED) is 0.0156. The van der Waals surface area contributed by atoms with Crippen LogP contribution >= 0.6 is 0 Å². The van der Waals surface area contributed by atoms with Crippen LogP contribution < -0.4 is 54.2 Å². The van der Waals surface area contributed by atoms with Gasteiger partial charge in [-0.1, -0.05) is 32.9 Å². The Bertz CT molecular complexity index is 3250. The highest BCUT2D eigenvalue weighted by Crippen LogP contribution is 2.46. The van der Waals surface area contributed by atoms with Gasteiger partial charge >= 0.3 is 18.1 Å². The summed E-state index contributed by atoms with van der Waals surface area (Å²) < 4.78 is 54.3. The van der Waals surface area contributed by atoms with Gasteiger partial charge in [0.2, 0.25) is 29.5 Å². The molecule has 0 radical (unpaired) electrons. The Hall–Kier alpha value is -8.19. The van der Waals surface area contributed by atoms with Crippen LogP contribution in [0.4, 0.5) is 19.7 Å². The number of halogens is 1. The third-order valence-electron chi connectivity index (χ3n) is 15.0. The van der Waals surface area contributed by atoms with Crippen molar-refractivity contribution in [2.75, 3.05) is 91.1 Å². The lowest BCUT2D eigenvalue weighted by Crippen LogP contribution is -2.54. The Morgan fingerprint density at radius 2 is 1.55 bits per heavy atom. The molecule has 0 saturated heterocycles. The number of anilines is 1. The van der Waals surface area contributed by atoms with Gasteiger partial charge in [-0.3, -0.25) is 28.8 Å². The van der Waals surface area contributed by atoms with E-state index in [4.69, 9.17) is 49.6 Å². The standard InChI is InChI=1S/C59H78FN11O17/c1-5-59(81)40-25-45-52-38(28-71(45)55(77)39(40)30-87-56(59)78)50-42(13-12-37-34(4)41(60)26-44(68-52)49(37)50)67-48(74)31-86-32-65-47(73)27-64-58(80)88-29-35-8-10-36(11-9-35)66-53(75)43(7-6-16-63-57(62)79)69-54(76)51(33(2)3)70-46(72)14-17-82-19-21-84-23-24-85-22-20-83-18-15-61/h8-11,25-26,33,42-43,51,81H,5-7,12-24,27-32,61H2,1-4H3,(H,64,80)(H,65,73)(H,66,75)(H,67,74)(H,69,76)(H,70,72)(H3,62,63,79)/t42-,43-,51-,59-/m0/s1. The molecule has 8 amide bonds. The van der Waals surface area contributed by atoms with Crippen LogP contribution in [0.15, 0.2) is 41.2 Å². The highest BCUT2D eigenvalue weighted by Gasteiger charge is 2.46. The molecule has 29 heteroatoms. The van der Waals surface area contributed by atoms with Crippen molar-refractivity contribution >= 4 is 64.2 Å². The van der Waals surface area contributed by atoms with Gasteiger partial charge in [0.05, 0.1) is 87.9 Å². The normalized spacial score (nSPS) is 16.1. The van der Waals surface area contributed by atoms with Crippen molar-refractivity contribution in [2.45, 2.75) is 110 Å². The Morgan fingerprint density at radius 3 is 2.22 bits per heavy atom. The van der Waals surface area contributed by atoms with Crippen LogP contribution in [-0.4, -0.2) is 160 Å². The number of amides is 8. The lowest BCUT2D eigenvalue weighted by Gasteiger charge is -2.31. The average molecular weight is 1230 g/mol. The van der Waals surface area contributed by atoms with E-state index < -0.39 is 103 Å². The van der Waals surface area contributed by atoms with Crippen LogP contribution in [0.3, 0.4) is 0 Å². The number of fused-ring (bicyclic) bond motifs is 5. The van der Waals surface area contributed by atoms with Crippen molar-refractivity contribution < 1.29 is 81.0 Å². The molecule has 3 aliphatic rings. The maximum atomic E-state index is 15.4. The minimum Gasteiger partial charge on any atom is -0.458 e. The van der Waals surface area contributed by atoms with Gasteiger partial charge in [-0.25, -0.2) is 23.8 Å². The number of nitrogens with two attached hydrogens (primary N) is 2. The number of urea groups is 1. The summed E-state index contributed by atoms with van der Waals surface area (Å²) in [6.45, 7) is 8.15. The second-order valence-corrected chi connectivity index (χ2v) is 21.5. The molecule has 0 bridgehead atoms. The van der Waals surface area contributed by atoms with Crippen LogP contribution in [-0.2, 0) is 93.7 Å². The molecule has 0 unspecified atom stereocenters. The topological polar surface area (TPSA) is 393 Å². The van der Waals surface area contributed by atoms with Crippen LogP contribution in [0.5, 0.6) is 0 Å². The molecule has 1 aliphatic carbocycles. The summed E-state index contributed by atoms with van der Waals surface area (Å²) in [4.78, 5) is 122. The van der Waals surface area contributed by atoms with E-state index in [2.05, 4.69) is 37.2 Å². The van der Waals surface area contributed by atoms with Gasteiger partial charge in [-0.15, -0.1) is 0 Å². The first kappa shape index (κ1) is 67.3. The van der Waals surface area contributed by atoms with Gasteiger partial charge in [-0.2, -0.15) is 0 Å². The van der Waals surface area contributed by atoms with Crippen molar-refractivity contribution in [2.24, 2.45) is 17.4 Å². The first-order valence-electron chi connectivity index (χ1n) is 29.1. The molecule has 7 rings (SSSR count). The number of carbonyl (C=O) groups is 8. The van der Waals surface area contributed by atoms with Crippen LogP contribution in [0, 0.1) is 18.7 Å². The Kier molecular flexibility index (Phi) is 24.6. The van der Waals surface area contributed by atoms with Crippen LogP contribution in [0.1, 0.15) is 97.9 Å². The minimum atomic E-state index is -2.05. The summed E-state index contributed by atoms with van der Waals surface area (Å²) in [5, 5.41) is 30.4. The van der Waals surface area contributed by atoms with E-state index in [9.17, 15) is 48.3 Å². The first-order chi connectivity index (χ1) is 42.2. The maximum absolute atomic E-state index is 15.4. The number of hydrogen-bond donors (Lipinski definition) is 10.